The van der Waals surface area contributed by atoms with Gasteiger partial charge in [-0.3, -0.25) is 14.4 Å². The monoisotopic (exact) mass is 1010 g/mol. The number of unbranched alkanes of at least 4 members (excludes halogenated alkanes) is 36. The van der Waals surface area contributed by atoms with Gasteiger partial charge in [0.25, 0.3) is 0 Å². The minimum absolute atomic E-state index is 0.0751. The van der Waals surface area contributed by atoms with Gasteiger partial charge in [0.1, 0.15) is 13.2 Å². The standard InChI is InChI=1S/C66H118O6/c1-4-7-10-13-16-18-20-22-24-26-28-30-32-34-35-37-39-41-43-45-47-50-53-56-59-65(68)71-62-63(61-70-64(67)58-55-52-49-15-12-9-6-3)72-66(69)60-57-54-51-48-46-44-42-40-38-36-33-31-29-27-25-23-21-19-17-14-11-8-5-2/h8,11,17,19,23,25,29,31,36,38,63H,4-7,9-10,12-16,18,20-22,24,26-28,30,32-35,37,39-62H2,1-3H3/b11-8-,19-17-,25-23-,31-29-,38-36-. The van der Waals surface area contributed by atoms with E-state index in [-0.39, 0.29) is 31.1 Å². The zero-order valence-corrected chi connectivity index (χ0v) is 47.9. The molecular weight excluding hydrogens is 889 g/mol. The molecule has 0 aliphatic carbocycles. The molecule has 0 heterocycles. The zero-order chi connectivity index (χ0) is 52.2. The summed E-state index contributed by atoms with van der Waals surface area (Å²) in [5.74, 6) is -0.877. The fourth-order valence-electron chi connectivity index (χ4n) is 9.12. The predicted molar refractivity (Wildman–Crippen MR) is 312 cm³/mol. The maximum atomic E-state index is 12.8. The SMILES string of the molecule is CC/C=C\C/C=C\C/C=C\C/C=C\C/C=C\CCCCCCCCCC(=O)OC(COC(=O)CCCCCCCCC)COC(=O)CCCCCCCCCCCCCCCCCCCCCCCCCC. The van der Waals surface area contributed by atoms with E-state index in [9.17, 15) is 14.4 Å². The van der Waals surface area contributed by atoms with Crippen LogP contribution in [0.15, 0.2) is 60.8 Å². The Morgan fingerprint density at radius 3 is 0.847 bits per heavy atom. The number of allylic oxidation sites excluding steroid dienone is 10. The molecule has 0 aromatic heterocycles. The molecule has 0 N–H and O–H groups in total. The largest absolute Gasteiger partial charge is 0.462 e. The van der Waals surface area contributed by atoms with E-state index in [2.05, 4.69) is 81.5 Å². The second kappa shape index (κ2) is 60.7. The molecule has 0 amide bonds. The molecule has 0 aliphatic rings. The van der Waals surface area contributed by atoms with Crippen LogP contribution >= 0.6 is 0 Å². The van der Waals surface area contributed by atoms with Crippen LogP contribution < -0.4 is 0 Å². The lowest BCUT2D eigenvalue weighted by molar-refractivity contribution is -0.167. The van der Waals surface area contributed by atoms with Gasteiger partial charge in [0.15, 0.2) is 6.10 Å². The van der Waals surface area contributed by atoms with Gasteiger partial charge in [0.2, 0.25) is 0 Å². The minimum Gasteiger partial charge on any atom is -0.462 e. The summed E-state index contributed by atoms with van der Waals surface area (Å²) >= 11 is 0. The second-order valence-corrected chi connectivity index (χ2v) is 21.0. The van der Waals surface area contributed by atoms with Gasteiger partial charge >= 0.3 is 17.9 Å². The fourth-order valence-corrected chi connectivity index (χ4v) is 9.12. The summed E-state index contributed by atoms with van der Waals surface area (Å²) in [5.41, 5.74) is 0. The number of hydrogen-bond donors (Lipinski definition) is 0. The Morgan fingerprint density at radius 2 is 0.542 bits per heavy atom. The summed E-state index contributed by atoms with van der Waals surface area (Å²) in [6, 6.07) is 0. The molecular formula is C66H118O6. The Kier molecular flexibility index (Phi) is 58.2. The first-order valence-electron chi connectivity index (χ1n) is 31.3. The van der Waals surface area contributed by atoms with E-state index in [1.807, 2.05) is 0 Å². The van der Waals surface area contributed by atoms with Crippen LogP contribution in [-0.4, -0.2) is 37.2 Å². The lowest BCUT2D eigenvalue weighted by Gasteiger charge is -2.18. The molecule has 0 rings (SSSR count). The lowest BCUT2D eigenvalue weighted by atomic mass is 10.0. The highest BCUT2D eigenvalue weighted by Gasteiger charge is 2.19. The van der Waals surface area contributed by atoms with Gasteiger partial charge in [0, 0.05) is 19.3 Å². The van der Waals surface area contributed by atoms with Crippen molar-refractivity contribution in [3.05, 3.63) is 60.8 Å². The minimum atomic E-state index is -0.776. The van der Waals surface area contributed by atoms with Crippen molar-refractivity contribution in [3.8, 4) is 0 Å². The van der Waals surface area contributed by atoms with Gasteiger partial charge in [0.05, 0.1) is 0 Å². The van der Waals surface area contributed by atoms with Crippen molar-refractivity contribution in [2.24, 2.45) is 0 Å². The van der Waals surface area contributed by atoms with Gasteiger partial charge < -0.3 is 14.2 Å². The van der Waals surface area contributed by atoms with Gasteiger partial charge in [-0.1, -0.05) is 300 Å². The highest BCUT2D eigenvalue weighted by molar-refractivity contribution is 5.71. The molecule has 72 heavy (non-hydrogen) atoms. The van der Waals surface area contributed by atoms with Gasteiger partial charge in [-0.15, -0.1) is 0 Å². The number of carbonyl (C=O) groups excluding carboxylic acids is 3. The molecule has 418 valence electrons. The van der Waals surface area contributed by atoms with Crippen LogP contribution in [0.2, 0.25) is 0 Å². The molecule has 0 radical (unpaired) electrons. The van der Waals surface area contributed by atoms with Crippen LogP contribution in [0.4, 0.5) is 0 Å². The third kappa shape index (κ3) is 58.0. The summed E-state index contributed by atoms with van der Waals surface area (Å²) in [4.78, 5) is 38.1. The van der Waals surface area contributed by atoms with E-state index in [4.69, 9.17) is 14.2 Å². The van der Waals surface area contributed by atoms with E-state index >= 15 is 0 Å². The maximum Gasteiger partial charge on any atom is 0.306 e. The van der Waals surface area contributed by atoms with Gasteiger partial charge in [-0.05, 0) is 64.2 Å². The number of carbonyl (C=O) groups is 3. The van der Waals surface area contributed by atoms with Crippen molar-refractivity contribution < 1.29 is 28.6 Å². The highest BCUT2D eigenvalue weighted by atomic mass is 16.6. The average molecular weight is 1010 g/mol. The van der Waals surface area contributed by atoms with E-state index in [1.54, 1.807) is 0 Å². The molecule has 6 nitrogen and oxygen atoms in total. The number of ether oxygens (including phenoxy) is 3. The smallest absolute Gasteiger partial charge is 0.306 e. The summed E-state index contributed by atoms with van der Waals surface area (Å²) in [5, 5.41) is 0. The Morgan fingerprint density at radius 1 is 0.292 bits per heavy atom. The van der Waals surface area contributed by atoms with Crippen molar-refractivity contribution in [1.82, 2.24) is 0 Å². The van der Waals surface area contributed by atoms with E-state index in [1.165, 1.54) is 186 Å². The van der Waals surface area contributed by atoms with E-state index < -0.39 is 6.10 Å². The highest BCUT2D eigenvalue weighted by Crippen LogP contribution is 2.17. The van der Waals surface area contributed by atoms with Gasteiger partial charge in [-0.2, -0.15) is 0 Å². The molecule has 0 fully saturated rings. The van der Waals surface area contributed by atoms with Crippen molar-refractivity contribution >= 4 is 17.9 Å². The molecule has 0 aromatic carbocycles. The van der Waals surface area contributed by atoms with Crippen molar-refractivity contribution in [1.29, 1.82) is 0 Å². The number of esters is 3. The van der Waals surface area contributed by atoms with E-state index in [0.29, 0.717) is 19.3 Å². The van der Waals surface area contributed by atoms with Crippen LogP contribution in [0, 0.1) is 0 Å². The normalized spacial score (nSPS) is 12.4. The summed E-state index contributed by atoms with van der Waals surface area (Å²) in [6.45, 7) is 6.52. The topological polar surface area (TPSA) is 78.9 Å². The Bertz CT molecular complexity index is 1290. The summed E-state index contributed by atoms with van der Waals surface area (Å²) < 4.78 is 16.8. The summed E-state index contributed by atoms with van der Waals surface area (Å²) in [7, 11) is 0. The third-order valence-electron chi connectivity index (χ3n) is 13.8. The van der Waals surface area contributed by atoms with Gasteiger partial charge in [-0.25, -0.2) is 0 Å². The molecule has 0 saturated carbocycles. The quantitative estimate of drug-likeness (QED) is 0.0261. The van der Waals surface area contributed by atoms with Crippen LogP contribution in [0.25, 0.3) is 0 Å². The first-order valence-corrected chi connectivity index (χ1v) is 31.3. The summed E-state index contributed by atoms with van der Waals surface area (Å²) in [6.07, 6.45) is 76.8. The molecule has 0 aromatic rings. The van der Waals surface area contributed by atoms with Crippen LogP contribution in [0.1, 0.15) is 323 Å². The van der Waals surface area contributed by atoms with Crippen molar-refractivity contribution in [2.45, 2.75) is 329 Å². The van der Waals surface area contributed by atoms with Crippen LogP contribution in [0.5, 0.6) is 0 Å². The van der Waals surface area contributed by atoms with Crippen LogP contribution in [0.3, 0.4) is 0 Å². The molecule has 0 saturated heterocycles. The lowest BCUT2D eigenvalue weighted by Crippen LogP contribution is -2.30. The van der Waals surface area contributed by atoms with Crippen LogP contribution in [-0.2, 0) is 28.6 Å². The third-order valence-corrected chi connectivity index (χ3v) is 13.8. The molecule has 1 unspecified atom stereocenters. The number of hydrogen-bond acceptors (Lipinski definition) is 6. The Labute approximate surface area is 447 Å². The molecule has 0 bridgehead atoms. The second-order valence-electron chi connectivity index (χ2n) is 21.0. The molecule has 0 aliphatic heterocycles. The maximum absolute atomic E-state index is 12.8. The van der Waals surface area contributed by atoms with E-state index in [0.717, 1.165) is 96.3 Å². The van der Waals surface area contributed by atoms with Crippen molar-refractivity contribution in [3.63, 3.8) is 0 Å². The molecule has 1 atom stereocenters. The fraction of sp³-hybridized carbons (Fsp3) is 0.803. The predicted octanol–water partition coefficient (Wildman–Crippen LogP) is 21.2. The average Bonchev–Trinajstić information content (AvgIpc) is 3.38. The Balaban J connectivity index is 4.14. The zero-order valence-electron chi connectivity index (χ0n) is 47.9. The molecule has 0 spiro atoms. The first kappa shape index (κ1) is 69.1. The van der Waals surface area contributed by atoms with Crippen molar-refractivity contribution in [2.75, 3.05) is 13.2 Å². The first-order chi connectivity index (χ1) is 35.5. The number of rotatable bonds is 57. The Hall–Kier alpha value is -2.89. The molecule has 6 heteroatoms.